The van der Waals surface area contributed by atoms with E-state index in [9.17, 15) is 14.4 Å². The van der Waals surface area contributed by atoms with E-state index in [0.717, 1.165) is 19.6 Å². The number of nitrogens with one attached hydrogen (secondary N) is 2. The van der Waals surface area contributed by atoms with Crippen LogP contribution in [0.2, 0.25) is 0 Å². The van der Waals surface area contributed by atoms with Gasteiger partial charge in [-0.2, -0.15) is 0 Å². The first-order valence-corrected chi connectivity index (χ1v) is 8.96. The molecule has 0 bridgehead atoms. The minimum absolute atomic E-state index is 0.383. The highest BCUT2D eigenvalue weighted by molar-refractivity contribution is 6.11. The summed E-state index contributed by atoms with van der Waals surface area (Å²) in [5, 5.41) is 2.82. The second-order valence-corrected chi connectivity index (χ2v) is 6.08. The van der Waals surface area contributed by atoms with Crippen molar-refractivity contribution in [2.75, 3.05) is 26.2 Å². The molecule has 0 radical (unpaired) electrons. The van der Waals surface area contributed by atoms with Crippen LogP contribution in [0, 0.1) is 0 Å². The Hall–Kier alpha value is -2.73. The molecule has 1 aromatic carbocycles. The molecular weight excluding hydrogens is 330 g/mol. The van der Waals surface area contributed by atoms with E-state index >= 15 is 0 Å². The molecule has 0 saturated carbocycles. The van der Waals surface area contributed by atoms with Gasteiger partial charge in [0.1, 0.15) is 0 Å². The largest absolute Gasteiger partial charge is 0.348 e. The highest BCUT2D eigenvalue weighted by Crippen LogP contribution is 2.13. The number of hydrogen-bond acceptors (Lipinski definition) is 3. The standard InChI is InChI=1S/C20H25N3O3/c1-3-22(4-2)15-13-21-20(26)18(23-14-9-8-12-17(23)24)19(25)16-10-6-5-7-11-16/h5-12,14,18H,3-4,13,15H2,1-2H3,(H,21,26)/p+1/t18-/m0/s1. The van der Waals surface area contributed by atoms with Crippen LogP contribution in [0.1, 0.15) is 30.2 Å². The van der Waals surface area contributed by atoms with Gasteiger partial charge in [-0.3, -0.25) is 19.0 Å². The molecule has 1 amide bonds. The Labute approximate surface area is 153 Å². The fourth-order valence-corrected chi connectivity index (χ4v) is 2.85. The molecule has 1 aromatic heterocycles. The number of pyridine rings is 1. The summed E-state index contributed by atoms with van der Waals surface area (Å²) in [4.78, 5) is 39.2. The maximum Gasteiger partial charge on any atom is 0.251 e. The molecule has 0 spiro atoms. The first-order valence-electron chi connectivity index (χ1n) is 8.96. The predicted octanol–water partition coefficient (Wildman–Crippen LogP) is 0.313. The molecule has 0 saturated heterocycles. The van der Waals surface area contributed by atoms with E-state index in [1.165, 1.54) is 21.7 Å². The fraction of sp³-hybridized carbons (Fsp3) is 0.350. The number of benzene rings is 1. The Morgan fingerprint density at radius 3 is 2.31 bits per heavy atom. The minimum Gasteiger partial charge on any atom is -0.348 e. The molecule has 0 aliphatic rings. The zero-order chi connectivity index (χ0) is 18.9. The van der Waals surface area contributed by atoms with Crippen LogP contribution in [0.4, 0.5) is 0 Å². The van der Waals surface area contributed by atoms with Gasteiger partial charge in [0.25, 0.3) is 11.5 Å². The van der Waals surface area contributed by atoms with Crippen molar-refractivity contribution in [3.8, 4) is 0 Å². The quantitative estimate of drug-likeness (QED) is 0.502. The highest BCUT2D eigenvalue weighted by Gasteiger charge is 2.29. The molecule has 6 heteroatoms. The molecule has 26 heavy (non-hydrogen) atoms. The number of carbonyl (C=O) groups excluding carboxylic acids is 2. The van der Waals surface area contributed by atoms with Crippen LogP contribution in [0.25, 0.3) is 0 Å². The van der Waals surface area contributed by atoms with Crippen molar-refractivity contribution in [3.05, 3.63) is 70.6 Å². The summed E-state index contributed by atoms with van der Waals surface area (Å²) in [6.07, 6.45) is 1.48. The van der Waals surface area contributed by atoms with Crippen LogP contribution >= 0.6 is 0 Å². The number of carbonyl (C=O) groups is 2. The Morgan fingerprint density at radius 1 is 1.04 bits per heavy atom. The summed E-state index contributed by atoms with van der Waals surface area (Å²) in [5.74, 6) is -0.856. The van der Waals surface area contributed by atoms with Crippen LogP contribution in [0.5, 0.6) is 0 Å². The minimum atomic E-state index is -1.21. The summed E-state index contributed by atoms with van der Waals surface area (Å²) < 4.78 is 1.19. The number of hydrogen-bond donors (Lipinski definition) is 2. The summed E-state index contributed by atoms with van der Waals surface area (Å²) in [6.45, 7) is 7.34. The van der Waals surface area contributed by atoms with Gasteiger partial charge in [0.15, 0.2) is 11.8 Å². The van der Waals surface area contributed by atoms with Gasteiger partial charge in [-0.05, 0) is 19.9 Å². The Kier molecular flexibility index (Phi) is 7.29. The molecule has 0 aliphatic heterocycles. The van der Waals surface area contributed by atoms with E-state index < -0.39 is 17.7 Å². The smallest absolute Gasteiger partial charge is 0.251 e. The van der Waals surface area contributed by atoms with Crippen molar-refractivity contribution in [2.24, 2.45) is 0 Å². The lowest BCUT2D eigenvalue weighted by atomic mass is 10.0. The predicted molar refractivity (Wildman–Crippen MR) is 100 cm³/mol. The maximum atomic E-state index is 12.9. The lowest BCUT2D eigenvalue weighted by molar-refractivity contribution is -0.895. The zero-order valence-corrected chi connectivity index (χ0v) is 15.3. The summed E-state index contributed by atoms with van der Waals surface area (Å²) in [5.41, 5.74) is 0.0177. The van der Waals surface area contributed by atoms with Crippen molar-refractivity contribution in [3.63, 3.8) is 0 Å². The second-order valence-electron chi connectivity index (χ2n) is 6.08. The van der Waals surface area contributed by atoms with Gasteiger partial charge in [0.2, 0.25) is 0 Å². The summed E-state index contributed by atoms with van der Waals surface area (Å²) in [7, 11) is 0. The lowest BCUT2D eigenvalue weighted by Gasteiger charge is -2.20. The fourth-order valence-electron chi connectivity index (χ4n) is 2.85. The van der Waals surface area contributed by atoms with Crippen molar-refractivity contribution in [1.29, 1.82) is 0 Å². The zero-order valence-electron chi connectivity index (χ0n) is 15.3. The maximum absolute atomic E-state index is 12.9. The molecule has 1 heterocycles. The number of ketones is 1. The van der Waals surface area contributed by atoms with Gasteiger partial charge in [-0.25, -0.2) is 0 Å². The van der Waals surface area contributed by atoms with Gasteiger partial charge in [0.05, 0.1) is 26.2 Å². The number of Topliss-reactive ketones (excluding diaryl/α,β-unsaturated/α-hetero) is 1. The van der Waals surface area contributed by atoms with Crippen molar-refractivity contribution >= 4 is 11.7 Å². The van der Waals surface area contributed by atoms with Crippen molar-refractivity contribution < 1.29 is 14.5 Å². The van der Waals surface area contributed by atoms with Crippen molar-refractivity contribution in [1.82, 2.24) is 9.88 Å². The molecule has 1 atom stereocenters. The Balaban J connectivity index is 2.24. The molecule has 0 unspecified atom stereocenters. The Bertz CT molecular complexity index is 782. The molecule has 2 rings (SSSR count). The van der Waals surface area contributed by atoms with E-state index in [1.807, 2.05) is 0 Å². The number of aromatic nitrogens is 1. The van der Waals surface area contributed by atoms with Crippen molar-refractivity contribution in [2.45, 2.75) is 19.9 Å². The monoisotopic (exact) mass is 356 g/mol. The van der Waals surface area contributed by atoms with Crippen LogP contribution in [-0.2, 0) is 4.79 Å². The number of rotatable bonds is 9. The number of quaternary nitrogens is 1. The first kappa shape index (κ1) is 19.6. The lowest BCUT2D eigenvalue weighted by Crippen LogP contribution is -3.12. The third kappa shape index (κ3) is 4.89. The molecule has 6 nitrogen and oxygen atoms in total. The summed E-state index contributed by atoms with van der Waals surface area (Å²) >= 11 is 0. The Morgan fingerprint density at radius 2 is 1.69 bits per heavy atom. The van der Waals surface area contributed by atoms with E-state index in [2.05, 4.69) is 19.2 Å². The number of nitrogens with zero attached hydrogens (tertiary/aromatic N) is 1. The molecule has 2 N–H and O–H groups in total. The average Bonchev–Trinajstić information content (AvgIpc) is 2.67. The highest BCUT2D eigenvalue weighted by atomic mass is 16.2. The van der Waals surface area contributed by atoms with Crippen LogP contribution in [0.3, 0.4) is 0 Å². The molecular formula is C20H26N3O3+. The second kappa shape index (κ2) is 9.68. The van der Waals surface area contributed by atoms with Gasteiger partial charge in [-0.1, -0.05) is 36.4 Å². The summed E-state index contributed by atoms with van der Waals surface area (Å²) in [6, 6.07) is 11.9. The third-order valence-corrected chi connectivity index (χ3v) is 4.46. The molecule has 138 valence electrons. The SMILES string of the molecule is CC[NH+](CC)CCNC(=O)[C@H](C(=O)c1ccccc1)n1ccccc1=O. The van der Waals surface area contributed by atoms with Crippen LogP contribution in [-0.4, -0.2) is 42.4 Å². The van der Waals surface area contributed by atoms with Crippen LogP contribution in [0.15, 0.2) is 59.5 Å². The van der Waals surface area contributed by atoms with E-state index in [4.69, 9.17) is 0 Å². The van der Waals surface area contributed by atoms with E-state index in [0.29, 0.717) is 12.1 Å². The van der Waals surface area contributed by atoms with E-state index in [-0.39, 0.29) is 5.56 Å². The molecule has 0 fully saturated rings. The third-order valence-electron chi connectivity index (χ3n) is 4.46. The van der Waals surface area contributed by atoms with Gasteiger partial charge >= 0.3 is 0 Å². The van der Waals surface area contributed by atoms with Gasteiger partial charge in [-0.15, -0.1) is 0 Å². The van der Waals surface area contributed by atoms with E-state index in [1.54, 1.807) is 42.5 Å². The molecule has 2 aromatic rings. The number of amides is 1. The topological polar surface area (TPSA) is 72.6 Å². The van der Waals surface area contributed by atoms with Gasteiger partial charge in [0, 0.05) is 17.8 Å². The first-order chi connectivity index (χ1) is 12.6. The molecule has 0 aliphatic carbocycles. The van der Waals surface area contributed by atoms with Gasteiger partial charge < -0.3 is 10.2 Å². The van der Waals surface area contributed by atoms with Crippen LogP contribution < -0.4 is 15.8 Å². The number of likely N-dealkylation sites (N-methyl/N-ethyl adjacent to an activating group) is 1. The normalized spacial score (nSPS) is 12.0. The average molecular weight is 356 g/mol.